The highest BCUT2D eigenvalue weighted by atomic mass is 32.2. The number of nitrogens with zero attached hydrogens (tertiary/aromatic N) is 4. The molecule has 14 heteroatoms. The number of likely N-dealkylation sites (tertiary alicyclic amines) is 1. The fourth-order valence-electron chi connectivity index (χ4n) is 5.04. The third-order valence-corrected chi connectivity index (χ3v) is 9.09. The lowest BCUT2D eigenvalue weighted by Gasteiger charge is -2.39. The lowest BCUT2D eigenvalue weighted by Crippen LogP contribution is -2.49. The van der Waals surface area contributed by atoms with Gasteiger partial charge in [-0.25, -0.2) is 8.42 Å². The minimum atomic E-state index is -3.90. The molecule has 2 aromatic rings. The lowest BCUT2D eigenvalue weighted by atomic mass is 9.97. The molecule has 2 aliphatic rings. The zero-order valence-electron chi connectivity index (χ0n) is 23.3. The molecule has 2 saturated heterocycles. The van der Waals surface area contributed by atoms with Gasteiger partial charge in [-0.1, -0.05) is 0 Å². The van der Waals surface area contributed by atoms with Crippen LogP contribution in [-0.4, -0.2) is 86.8 Å². The van der Waals surface area contributed by atoms with E-state index in [0.717, 1.165) is 25.3 Å². The number of carbonyl (C=O) groups excluding carboxylic acids is 1. The molecule has 41 heavy (non-hydrogen) atoms. The van der Waals surface area contributed by atoms with E-state index in [1.54, 1.807) is 18.2 Å². The van der Waals surface area contributed by atoms with Crippen molar-refractivity contribution in [2.24, 2.45) is 5.10 Å². The van der Waals surface area contributed by atoms with Gasteiger partial charge in [0, 0.05) is 31.2 Å². The largest absolute Gasteiger partial charge is 0.493 e. The van der Waals surface area contributed by atoms with E-state index in [1.165, 1.54) is 29.8 Å². The van der Waals surface area contributed by atoms with Crippen molar-refractivity contribution in [1.29, 1.82) is 0 Å². The number of morpholine rings is 1. The van der Waals surface area contributed by atoms with E-state index in [1.807, 2.05) is 18.7 Å². The standard InChI is InChI=1S/C27H35N5O8S/c1-19-5-4-6-20(2)31(19)27(33)18-40-25-10-7-21(15-26(25)38-3)17-28-29-23-9-8-22(16-24(23)32(34)35)41(36,37)30-11-13-39-14-12-30/h7-10,15-17,19-20,29H,4-6,11-14,18H2,1-3H3/b28-17-/t19-,20-/m1/s1. The fourth-order valence-corrected chi connectivity index (χ4v) is 6.47. The first-order valence-electron chi connectivity index (χ1n) is 13.4. The number of nitro benzene ring substituents is 1. The number of hydrogen-bond acceptors (Lipinski definition) is 10. The molecule has 2 aliphatic heterocycles. The van der Waals surface area contributed by atoms with Gasteiger partial charge in [-0.05, 0) is 69.0 Å². The van der Waals surface area contributed by atoms with Gasteiger partial charge in [-0.3, -0.25) is 20.3 Å². The van der Waals surface area contributed by atoms with Crippen LogP contribution in [0.3, 0.4) is 0 Å². The summed E-state index contributed by atoms with van der Waals surface area (Å²) in [4.78, 5) is 25.5. The van der Waals surface area contributed by atoms with Crippen molar-refractivity contribution in [3.63, 3.8) is 0 Å². The van der Waals surface area contributed by atoms with Crippen LogP contribution < -0.4 is 14.9 Å². The Hall–Kier alpha value is -3.75. The smallest absolute Gasteiger partial charge is 0.295 e. The normalized spacial score (nSPS) is 20.1. The molecule has 0 aromatic heterocycles. The van der Waals surface area contributed by atoms with Crippen LogP contribution in [0.5, 0.6) is 11.5 Å². The number of methoxy groups -OCH3 is 1. The van der Waals surface area contributed by atoms with Gasteiger partial charge >= 0.3 is 0 Å². The van der Waals surface area contributed by atoms with Gasteiger partial charge in [0.2, 0.25) is 10.0 Å². The number of nitro groups is 1. The van der Waals surface area contributed by atoms with Crippen LogP contribution in [0, 0.1) is 10.1 Å². The molecule has 2 fully saturated rings. The Labute approximate surface area is 239 Å². The second kappa shape index (κ2) is 13.3. The van der Waals surface area contributed by atoms with Gasteiger partial charge < -0.3 is 19.1 Å². The molecule has 2 aromatic carbocycles. The Morgan fingerprint density at radius 1 is 1.15 bits per heavy atom. The van der Waals surface area contributed by atoms with E-state index in [9.17, 15) is 23.3 Å². The van der Waals surface area contributed by atoms with E-state index >= 15 is 0 Å². The van der Waals surface area contributed by atoms with Crippen LogP contribution in [0.25, 0.3) is 0 Å². The fraction of sp³-hybridized carbons (Fsp3) is 0.481. The molecule has 0 aliphatic carbocycles. The summed E-state index contributed by atoms with van der Waals surface area (Å²) in [5.74, 6) is 0.716. The van der Waals surface area contributed by atoms with Crippen molar-refractivity contribution in [3.8, 4) is 11.5 Å². The Morgan fingerprint density at radius 2 is 1.85 bits per heavy atom. The number of rotatable bonds is 10. The number of sulfonamides is 1. The first-order chi connectivity index (χ1) is 19.6. The van der Waals surface area contributed by atoms with Crippen LogP contribution in [-0.2, 0) is 19.6 Å². The van der Waals surface area contributed by atoms with Gasteiger partial charge in [-0.15, -0.1) is 0 Å². The lowest BCUT2D eigenvalue weighted by molar-refractivity contribution is -0.384. The van der Waals surface area contributed by atoms with Crippen LogP contribution in [0.1, 0.15) is 38.7 Å². The SMILES string of the molecule is COc1cc(/C=N\Nc2ccc(S(=O)(=O)N3CCOCC3)cc2[N+](=O)[O-])ccc1OCC(=O)N1[C@H](C)CCC[C@H]1C. The second-order valence-electron chi connectivity index (χ2n) is 9.95. The molecular weight excluding hydrogens is 554 g/mol. The van der Waals surface area contributed by atoms with Crippen LogP contribution in [0.4, 0.5) is 11.4 Å². The van der Waals surface area contributed by atoms with Crippen molar-refractivity contribution in [3.05, 3.63) is 52.1 Å². The Morgan fingerprint density at radius 3 is 2.51 bits per heavy atom. The molecule has 222 valence electrons. The highest BCUT2D eigenvalue weighted by molar-refractivity contribution is 7.89. The quantitative estimate of drug-likeness (QED) is 0.250. The molecular formula is C27H35N5O8S. The van der Waals surface area contributed by atoms with Crippen molar-refractivity contribution in [2.45, 2.75) is 50.1 Å². The molecule has 0 radical (unpaired) electrons. The van der Waals surface area contributed by atoms with Crippen LogP contribution >= 0.6 is 0 Å². The summed E-state index contributed by atoms with van der Waals surface area (Å²) in [6.45, 7) is 4.88. The highest BCUT2D eigenvalue weighted by Crippen LogP contribution is 2.31. The molecule has 2 atom stereocenters. The van der Waals surface area contributed by atoms with Crippen molar-refractivity contribution in [1.82, 2.24) is 9.21 Å². The molecule has 4 rings (SSSR count). The monoisotopic (exact) mass is 589 g/mol. The van der Waals surface area contributed by atoms with Crippen molar-refractivity contribution in [2.75, 3.05) is 45.4 Å². The summed E-state index contributed by atoms with van der Waals surface area (Å²) in [5, 5.41) is 15.8. The van der Waals surface area contributed by atoms with E-state index < -0.39 is 20.6 Å². The maximum absolute atomic E-state index is 12.9. The highest BCUT2D eigenvalue weighted by Gasteiger charge is 2.30. The predicted octanol–water partition coefficient (Wildman–Crippen LogP) is 3.24. The van der Waals surface area contributed by atoms with Gasteiger partial charge in [0.25, 0.3) is 11.6 Å². The first-order valence-corrected chi connectivity index (χ1v) is 14.8. The number of anilines is 1. The minimum absolute atomic E-state index is 0.0266. The van der Waals surface area contributed by atoms with Crippen LogP contribution in [0.15, 0.2) is 46.4 Å². The molecule has 2 heterocycles. The summed E-state index contributed by atoms with van der Waals surface area (Å²) in [5.41, 5.74) is 2.81. The number of hydrazone groups is 1. The maximum atomic E-state index is 12.9. The zero-order chi connectivity index (χ0) is 29.6. The molecule has 0 spiro atoms. The average Bonchev–Trinajstić information content (AvgIpc) is 2.96. The van der Waals surface area contributed by atoms with Gasteiger partial charge in [0.05, 0.1) is 36.4 Å². The molecule has 1 amide bonds. The van der Waals surface area contributed by atoms with Crippen molar-refractivity contribution >= 4 is 33.5 Å². The number of carbonyl (C=O) groups is 1. The molecule has 0 unspecified atom stereocenters. The number of hydrogen-bond donors (Lipinski definition) is 1. The number of ether oxygens (including phenoxy) is 3. The minimum Gasteiger partial charge on any atom is -0.493 e. The van der Waals surface area contributed by atoms with Gasteiger partial charge in [0.15, 0.2) is 18.1 Å². The Bertz CT molecular complexity index is 1380. The maximum Gasteiger partial charge on any atom is 0.295 e. The zero-order valence-corrected chi connectivity index (χ0v) is 24.1. The molecule has 1 N–H and O–H groups in total. The van der Waals surface area contributed by atoms with E-state index in [2.05, 4.69) is 10.5 Å². The average molecular weight is 590 g/mol. The first kappa shape index (κ1) is 30.2. The number of amides is 1. The third kappa shape index (κ3) is 7.13. The van der Waals surface area contributed by atoms with Gasteiger partial charge in [0.1, 0.15) is 5.69 Å². The van der Waals surface area contributed by atoms with E-state index in [4.69, 9.17) is 14.2 Å². The summed E-state index contributed by atoms with van der Waals surface area (Å²) < 4.78 is 43.5. The number of nitrogens with one attached hydrogen (secondary N) is 1. The Kier molecular flexibility index (Phi) is 9.78. The molecule has 0 bridgehead atoms. The summed E-state index contributed by atoms with van der Waals surface area (Å²) in [6, 6.07) is 8.98. The number of piperidine rings is 1. The predicted molar refractivity (Wildman–Crippen MR) is 152 cm³/mol. The summed E-state index contributed by atoms with van der Waals surface area (Å²) >= 11 is 0. The van der Waals surface area contributed by atoms with Gasteiger partial charge in [-0.2, -0.15) is 9.41 Å². The summed E-state index contributed by atoms with van der Waals surface area (Å²) in [6.07, 6.45) is 4.48. The topological polar surface area (TPSA) is 153 Å². The van der Waals surface area contributed by atoms with Crippen LogP contribution in [0.2, 0.25) is 0 Å². The molecule has 13 nitrogen and oxygen atoms in total. The molecule has 0 saturated carbocycles. The Balaban J connectivity index is 1.43. The van der Waals surface area contributed by atoms with E-state index in [-0.39, 0.29) is 61.5 Å². The summed E-state index contributed by atoms with van der Waals surface area (Å²) in [7, 11) is -2.42. The van der Waals surface area contributed by atoms with E-state index in [0.29, 0.717) is 17.1 Å². The van der Waals surface area contributed by atoms with Crippen molar-refractivity contribution < 1.29 is 32.3 Å². The number of benzene rings is 2. The second-order valence-corrected chi connectivity index (χ2v) is 11.9. The third-order valence-electron chi connectivity index (χ3n) is 7.19.